The molecular weight excluding hydrogens is 583 g/mol. The maximum absolute atomic E-state index is 14.6. The van der Waals surface area contributed by atoms with Crippen LogP contribution in [0.15, 0.2) is 30.4 Å². The Morgan fingerprint density at radius 2 is 1.89 bits per heavy atom. The minimum Gasteiger partial charge on any atom is -0.493 e. The summed E-state index contributed by atoms with van der Waals surface area (Å²) in [5.41, 5.74) is 6.44. The number of likely N-dealkylation sites (N-methyl/N-ethyl adjacent to an activating group) is 2. The van der Waals surface area contributed by atoms with E-state index in [1.807, 2.05) is 25.9 Å². The standard InChI is InChI=1S/C31H45FN8O5/c1-6-25-29(35-22-10-15-44-16-11-22)38-30(27(37-25)28(33)42)36-23-17-21(32)18-24(19-23)45-14-8-12-34-31(43)20(2)40(5)26(41)9-7-13-39(3)4/h7,9,17-20,22H,6,8,10-16H2,1-5H3,(H2,33,42)(H,34,43)(H2,35,36,38)/b9-7+/t20-/m0/s1. The quantitative estimate of drug-likeness (QED) is 0.160. The molecular formula is C31H45FN8O5. The molecule has 0 saturated carbocycles. The lowest BCUT2D eigenvalue weighted by molar-refractivity contribution is -0.135. The van der Waals surface area contributed by atoms with Gasteiger partial charge in [0.1, 0.15) is 17.6 Å². The number of amides is 3. The van der Waals surface area contributed by atoms with Crippen molar-refractivity contribution in [2.45, 2.75) is 51.6 Å². The zero-order chi connectivity index (χ0) is 32.9. The van der Waals surface area contributed by atoms with Crippen LogP contribution in [0.1, 0.15) is 49.3 Å². The van der Waals surface area contributed by atoms with Crippen molar-refractivity contribution in [1.82, 2.24) is 25.1 Å². The Labute approximate surface area is 263 Å². The summed E-state index contributed by atoms with van der Waals surface area (Å²) < 4.78 is 25.7. The number of aryl methyl sites for hydroxylation is 1. The molecule has 13 nitrogen and oxygen atoms in total. The van der Waals surface area contributed by atoms with Gasteiger partial charge < -0.3 is 41.0 Å². The first-order valence-corrected chi connectivity index (χ1v) is 15.1. The van der Waals surface area contributed by atoms with Crippen LogP contribution in [0, 0.1) is 5.82 Å². The van der Waals surface area contributed by atoms with Gasteiger partial charge in [0.15, 0.2) is 17.3 Å². The molecule has 3 rings (SSSR count). The Morgan fingerprint density at radius 3 is 2.56 bits per heavy atom. The van der Waals surface area contributed by atoms with E-state index < -0.39 is 17.8 Å². The number of nitrogens with zero attached hydrogens (tertiary/aromatic N) is 4. The van der Waals surface area contributed by atoms with Crippen molar-refractivity contribution >= 4 is 35.0 Å². The molecule has 45 heavy (non-hydrogen) atoms. The van der Waals surface area contributed by atoms with Crippen molar-refractivity contribution in [3.63, 3.8) is 0 Å². The molecule has 2 heterocycles. The van der Waals surface area contributed by atoms with E-state index in [0.29, 0.717) is 50.7 Å². The lowest BCUT2D eigenvalue weighted by atomic mass is 10.1. The topological polar surface area (TPSA) is 164 Å². The van der Waals surface area contributed by atoms with Gasteiger partial charge in [-0.1, -0.05) is 13.0 Å². The summed E-state index contributed by atoms with van der Waals surface area (Å²) in [6, 6.07) is 3.53. The van der Waals surface area contributed by atoms with E-state index in [-0.39, 0.29) is 47.4 Å². The molecule has 14 heteroatoms. The van der Waals surface area contributed by atoms with E-state index in [0.717, 1.165) is 12.8 Å². The van der Waals surface area contributed by atoms with Crippen molar-refractivity contribution in [3.8, 4) is 5.75 Å². The third-order valence-corrected chi connectivity index (χ3v) is 7.16. The van der Waals surface area contributed by atoms with E-state index in [4.69, 9.17) is 15.2 Å². The van der Waals surface area contributed by atoms with Crippen LogP contribution in [-0.4, -0.2) is 104 Å². The SMILES string of the molecule is CCc1nc(C(N)=O)c(Nc2cc(F)cc(OCCCNC(=O)[C@H](C)N(C)C(=O)/C=C/CN(C)C)c2)nc1NC1CCOCC1. The first kappa shape index (κ1) is 35.2. The summed E-state index contributed by atoms with van der Waals surface area (Å²) >= 11 is 0. The normalized spacial score (nSPS) is 14.3. The minimum atomic E-state index is -0.766. The predicted molar refractivity (Wildman–Crippen MR) is 170 cm³/mol. The largest absolute Gasteiger partial charge is 0.493 e. The molecule has 1 saturated heterocycles. The van der Waals surface area contributed by atoms with Gasteiger partial charge in [-0.2, -0.15) is 0 Å². The average Bonchev–Trinajstić information content (AvgIpc) is 3.00. The minimum absolute atomic E-state index is 0.0574. The summed E-state index contributed by atoms with van der Waals surface area (Å²) in [6.07, 6.45) is 5.77. The molecule has 1 aromatic heterocycles. The summed E-state index contributed by atoms with van der Waals surface area (Å²) in [5, 5.41) is 9.16. The highest BCUT2D eigenvalue weighted by Gasteiger charge is 2.22. The van der Waals surface area contributed by atoms with Crippen molar-refractivity contribution < 1.29 is 28.2 Å². The van der Waals surface area contributed by atoms with Gasteiger partial charge in [0, 0.05) is 63.3 Å². The van der Waals surface area contributed by atoms with Gasteiger partial charge in [-0.25, -0.2) is 14.4 Å². The lowest BCUT2D eigenvalue weighted by Gasteiger charge is -2.25. The lowest BCUT2D eigenvalue weighted by Crippen LogP contribution is -2.45. The Bertz CT molecular complexity index is 1350. The molecule has 1 aliphatic rings. The number of primary amides is 1. The van der Waals surface area contributed by atoms with Gasteiger partial charge in [0.2, 0.25) is 11.8 Å². The van der Waals surface area contributed by atoms with Crippen LogP contribution in [0.5, 0.6) is 5.75 Å². The number of aromatic nitrogens is 2. The summed E-state index contributed by atoms with van der Waals surface area (Å²) in [4.78, 5) is 49.4. The molecule has 0 unspecified atom stereocenters. The summed E-state index contributed by atoms with van der Waals surface area (Å²) in [7, 11) is 5.37. The Balaban J connectivity index is 1.58. The van der Waals surface area contributed by atoms with E-state index in [9.17, 15) is 18.8 Å². The van der Waals surface area contributed by atoms with Gasteiger partial charge >= 0.3 is 0 Å². The second-order valence-corrected chi connectivity index (χ2v) is 11.0. The average molecular weight is 629 g/mol. The van der Waals surface area contributed by atoms with Gasteiger partial charge in [0.25, 0.3) is 5.91 Å². The number of carbonyl (C=O) groups is 3. The second-order valence-electron chi connectivity index (χ2n) is 11.0. The molecule has 1 aliphatic heterocycles. The molecule has 0 spiro atoms. The molecule has 2 aromatic rings. The number of nitrogens with one attached hydrogen (secondary N) is 3. The number of hydrogen-bond acceptors (Lipinski definition) is 10. The Kier molecular flexibility index (Phi) is 13.5. The highest BCUT2D eigenvalue weighted by molar-refractivity contribution is 5.96. The molecule has 0 bridgehead atoms. The smallest absolute Gasteiger partial charge is 0.271 e. The van der Waals surface area contributed by atoms with E-state index in [1.54, 1.807) is 26.1 Å². The monoisotopic (exact) mass is 628 g/mol. The van der Waals surface area contributed by atoms with Crippen molar-refractivity contribution in [3.05, 3.63) is 47.6 Å². The van der Waals surface area contributed by atoms with E-state index in [2.05, 4.69) is 25.9 Å². The van der Waals surface area contributed by atoms with E-state index >= 15 is 0 Å². The molecule has 0 radical (unpaired) electrons. The van der Waals surface area contributed by atoms with E-state index in [1.165, 1.54) is 23.1 Å². The van der Waals surface area contributed by atoms with Gasteiger partial charge in [0.05, 0.1) is 12.3 Å². The number of carbonyl (C=O) groups excluding carboxylic acids is 3. The predicted octanol–water partition coefficient (Wildman–Crippen LogP) is 2.46. The molecule has 3 amide bonds. The number of halogens is 1. The van der Waals surface area contributed by atoms with Gasteiger partial charge in [-0.3, -0.25) is 14.4 Å². The fraction of sp³-hybridized carbons (Fsp3) is 0.516. The third-order valence-electron chi connectivity index (χ3n) is 7.16. The molecule has 1 aromatic carbocycles. The number of hydrogen-bond donors (Lipinski definition) is 4. The molecule has 0 aliphatic carbocycles. The first-order chi connectivity index (χ1) is 21.5. The highest BCUT2D eigenvalue weighted by Crippen LogP contribution is 2.27. The Morgan fingerprint density at radius 1 is 1.16 bits per heavy atom. The Hall–Kier alpha value is -4.30. The van der Waals surface area contributed by atoms with Crippen LogP contribution in [-0.2, 0) is 20.7 Å². The number of benzene rings is 1. The van der Waals surface area contributed by atoms with Crippen molar-refractivity contribution in [2.24, 2.45) is 5.73 Å². The third kappa shape index (κ3) is 11.0. The number of anilines is 3. The summed E-state index contributed by atoms with van der Waals surface area (Å²) in [6.45, 7) is 5.95. The molecule has 246 valence electrons. The number of rotatable bonds is 16. The summed E-state index contributed by atoms with van der Waals surface area (Å²) in [5.74, 6) is -1.03. The molecule has 5 N–H and O–H groups in total. The van der Waals surface area contributed by atoms with Crippen molar-refractivity contribution in [2.75, 3.05) is 64.7 Å². The first-order valence-electron chi connectivity index (χ1n) is 15.1. The molecule has 1 fully saturated rings. The van der Waals surface area contributed by atoms with Crippen LogP contribution in [0.4, 0.5) is 21.7 Å². The highest BCUT2D eigenvalue weighted by atomic mass is 19.1. The van der Waals surface area contributed by atoms with Crippen molar-refractivity contribution in [1.29, 1.82) is 0 Å². The van der Waals surface area contributed by atoms with Crippen LogP contribution in [0.2, 0.25) is 0 Å². The zero-order valence-corrected chi connectivity index (χ0v) is 26.7. The van der Waals surface area contributed by atoms with Crippen LogP contribution < -0.4 is 26.4 Å². The molecule has 1 atom stereocenters. The van der Waals surface area contributed by atoms with Crippen LogP contribution in [0.3, 0.4) is 0 Å². The zero-order valence-electron chi connectivity index (χ0n) is 26.7. The second kappa shape index (κ2) is 17.3. The number of ether oxygens (including phenoxy) is 2. The maximum Gasteiger partial charge on any atom is 0.271 e. The fourth-order valence-corrected chi connectivity index (χ4v) is 4.45. The fourth-order valence-electron chi connectivity index (χ4n) is 4.45. The van der Waals surface area contributed by atoms with Crippen LogP contribution in [0.25, 0.3) is 0 Å². The number of nitrogens with two attached hydrogens (primary N) is 1. The van der Waals surface area contributed by atoms with Gasteiger partial charge in [-0.15, -0.1) is 0 Å². The van der Waals surface area contributed by atoms with Crippen LogP contribution >= 0.6 is 0 Å². The van der Waals surface area contributed by atoms with Gasteiger partial charge in [-0.05, 0) is 52.8 Å². The maximum atomic E-state index is 14.6.